The van der Waals surface area contributed by atoms with Crippen LogP contribution in [-0.2, 0) is 20.9 Å². The summed E-state index contributed by atoms with van der Waals surface area (Å²) in [4.78, 5) is 38.7. The molecule has 12 nitrogen and oxygen atoms in total. The number of benzene rings is 1. The number of hydrogen-bond donors (Lipinski definition) is 3. The number of carbonyl (C=O) groups excluding carboxylic acids is 1. The van der Waals surface area contributed by atoms with E-state index in [1.807, 2.05) is 13.8 Å². The second-order valence-electron chi connectivity index (χ2n) is 9.47. The molecule has 0 aliphatic carbocycles. The van der Waals surface area contributed by atoms with E-state index in [0.717, 1.165) is 0 Å². The van der Waals surface area contributed by atoms with Crippen LogP contribution in [0.25, 0.3) is 0 Å². The standard InChI is InChI=1S/C26H32N4O8/c1-15(2)24(19-9-8-17(10-20(19)30(35)36)7-5-4-6-16(3)32)37-14-18-12-29(26(34)28-25(18)27)23-11-21(33)22(13-31)38-23/h8-10,12,15,21-24,31,33H,4,6,11,13-14H2,1-3H3,(H2,27,28,34)/t21?,22-,23-,24-/m1/s1. The Morgan fingerprint density at radius 1 is 1.42 bits per heavy atom. The second-order valence-corrected chi connectivity index (χ2v) is 9.47. The van der Waals surface area contributed by atoms with Crippen LogP contribution in [0.15, 0.2) is 29.2 Å². The molecule has 1 aromatic carbocycles. The molecule has 204 valence electrons. The number of aliphatic hydroxyl groups excluding tert-OH is 2. The monoisotopic (exact) mass is 528 g/mol. The van der Waals surface area contributed by atoms with Crippen LogP contribution in [0.5, 0.6) is 0 Å². The summed E-state index contributed by atoms with van der Waals surface area (Å²) in [5.41, 5.74) is 6.29. The lowest BCUT2D eigenvalue weighted by Crippen LogP contribution is -2.29. The Morgan fingerprint density at radius 3 is 2.76 bits per heavy atom. The van der Waals surface area contributed by atoms with Crippen molar-refractivity contribution in [1.82, 2.24) is 9.55 Å². The molecule has 0 amide bonds. The van der Waals surface area contributed by atoms with E-state index in [2.05, 4.69) is 16.8 Å². The van der Waals surface area contributed by atoms with Gasteiger partial charge in [0.05, 0.1) is 35.9 Å². The minimum Gasteiger partial charge on any atom is -0.394 e. The van der Waals surface area contributed by atoms with Crippen molar-refractivity contribution < 1.29 is 29.4 Å². The number of carbonyl (C=O) groups is 1. The topological polar surface area (TPSA) is 180 Å². The SMILES string of the molecule is CC(=O)CCC#Cc1ccc([C@H](OCc2cn([C@H]3CC(O)[C@@H](CO)O3)c(=O)nc2N)C(C)C)c([N+](=O)[O-])c1. The quantitative estimate of drug-likeness (QED) is 0.234. The van der Waals surface area contributed by atoms with Gasteiger partial charge in [0, 0.05) is 42.7 Å². The van der Waals surface area contributed by atoms with Crippen LogP contribution in [-0.4, -0.2) is 49.3 Å². The Kier molecular flexibility index (Phi) is 9.71. The smallest absolute Gasteiger partial charge is 0.351 e. The number of nitro benzene ring substituents is 1. The fourth-order valence-electron chi connectivity index (χ4n) is 4.13. The number of nitro groups is 1. The van der Waals surface area contributed by atoms with Gasteiger partial charge in [0.15, 0.2) is 0 Å². The van der Waals surface area contributed by atoms with Crippen molar-refractivity contribution in [2.75, 3.05) is 12.3 Å². The molecule has 0 spiro atoms. The van der Waals surface area contributed by atoms with Crippen molar-refractivity contribution >= 4 is 17.3 Å². The van der Waals surface area contributed by atoms with Gasteiger partial charge in [0.25, 0.3) is 5.69 Å². The first-order valence-corrected chi connectivity index (χ1v) is 12.2. The molecule has 12 heteroatoms. The first-order chi connectivity index (χ1) is 18.0. The van der Waals surface area contributed by atoms with E-state index in [0.29, 0.717) is 29.5 Å². The average molecular weight is 529 g/mol. The van der Waals surface area contributed by atoms with Crippen molar-refractivity contribution in [3.63, 3.8) is 0 Å². The van der Waals surface area contributed by atoms with Gasteiger partial charge >= 0.3 is 5.69 Å². The van der Waals surface area contributed by atoms with E-state index in [-0.39, 0.29) is 36.2 Å². The highest BCUT2D eigenvalue weighted by atomic mass is 16.6. The Balaban J connectivity index is 1.85. The molecule has 38 heavy (non-hydrogen) atoms. The van der Waals surface area contributed by atoms with Gasteiger partial charge in [-0.15, -0.1) is 0 Å². The molecule has 1 saturated heterocycles. The molecular weight excluding hydrogens is 496 g/mol. The minimum absolute atomic E-state index is 0.0199. The van der Waals surface area contributed by atoms with Gasteiger partial charge in [0.2, 0.25) is 0 Å². The Labute approximate surface area is 219 Å². The van der Waals surface area contributed by atoms with Crippen molar-refractivity contribution in [3.8, 4) is 11.8 Å². The van der Waals surface area contributed by atoms with E-state index in [9.17, 15) is 29.9 Å². The summed E-state index contributed by atoms with van der Waals surface area (Å²) < 4.78 is 12.8. The molecule has 1 aliphatic heterocycles. The molecule has 0 radical (unpaired) electrons. The van der Waals surface area contributed by atoms with Gasteiger partial charge in [0.1, 0.15) is 23.9 Å². The lowest BCUT2D eigenvalue weighted by molar-refractivity contribution is -0.386. The predicted molar refractivity (Wildman–Crippen MR) is 137 cm³/mol. The van der Waals surface area contributed by atoms with Crippen molar-refractivity contribution in [3.05, 3.63) is 61.7 Å². The van der Waals surface area contributed by atoms with E-state index < -0.39 is 41.8 Å². The number of rotatable bonds is 10. The first-order valence-electron chi connectivity index (χ1n) is 12.2. The molecule has 1 fully saturated rings. The summed E-state index contributed by atoms with van der Waals surface area (Å²) >= 11 is 0. The third-order valence-electron chi connectivity index (χ3n) is 6.15. The zero-order chi connectivity index (χ0) is 28.0. The highest BCUT2D eigenvalue weighted by molar-refractivity contribution is 5.75. The molecule has 1 aromatic heterocycles. The van der Waals surface area contributed by atoms with Gasteiger partial charge in [-0.2, -0.15) is 4.98 Å². The molecule has 1 unspecified atom stereocenters. The Morgan fingerprint density at radius 2 is 2.16 bits per heavy atom. The molecular formula is C26H32N4O8. The van der Waals surface area contributed by atoms with Gasteiger partial charge in [-0.3, -0.25) is 19.5 Å². The maximum atomic E-state index is 12.4. The van der Waals surface area contributed by atoms with Crippen LogP contribution in [0.1, 0.15) is 69.1 Å². The third kappa shape index (κ3) is 7.02. The Bertz CT molecular complexity index is 1300. The summed E-state index contributed by atoms with van der Waals surface area (Å²) in [5, 5.41) is 31.2. The number of ether oxygens (including phenoxy) is 2. The number of nitrogen functional groups attached to an aromatic ring is 1. The van der Waals surface area contributed by atoms with E-state index in [1.165, 1.54) is 23.8 Å². The third-order valence-corrected chi connectivity index (χ3v) is 6.15. The van der Waals surface area contributed by atoms with E-state index in [4.69, 9.17) is 15.2 Å². The van der Waals surface area contributed by atoms with Gasteiger partial charge in [-0.05, 0) is 25.0 Å². The highest BCUT2D eigenvalue weighted by Gasteiger charge is 2.35. The summed E-state index contributed by atoms with van der Waals surface area (Å²) in [6, 6.07) is 4.65. The van der Waals surface area contributed by atoms with Crippen molar-refractivity contribution in [2.45, 2.75) is 71.2 Å². The normalized spacial score (nSPS) is 19.7. The van der Waals surface area contributed by atoms with Crippen LogP contribution in [0.3, 0.4) is 0 Å². The number of anilines is 1. The summed E-state index contributed by atoms with van der Waals surface area (Å²) in [7, 11) is 0. The number of nitrogens with two attached hydrogens (primary N) is 1. The van der Waals surface area contributed by atoms with Gasteiger partial charge < -0.3 is 25.4 Å². The summed E-state index contributed by atoms with van der Waals surface area (Å²) in [5.74, 6) is 5.50. The van der Waals surface area contributed by atoms with Crippen LogP contribution in [0.4, 0.5) is 11.5 Å². The molecule has 0 bridgehead atoms. The zero-order valence-corrected chi connectivity index (χ0v) is 21.5. The van der Waals surface area contributed by atoms with Crippen LogP contribution < -0.4 is 11.4 Å². The molecule has 1 aliphatic rings. The minimum atomic E-state index is -0.943. The predicted octanol–water partition coefficient (Wildman–Crippen LogP) is 2.01. The van der Waals surface area contributed by atoms with Gasteiger partial charge in [-0.1, -0.05) is 25.7 Å². The fraction of sp³-hybridized carbons (Fsp3) is 0.500. The van der Waals surface area contributed by atoms with Crippen LogP contribution >= 0.6 is 0 Å². The van der Waals surface area contributed by atoms with Crippen molar-refractivity contribution in [1.29, 1.82) is 0 Å². The number of aliphatic hydroxyl groups is 2. The first kappa shape index (κ1) is 28.9. The lowest BCUT2D eigenvalue weighted by Gasteiger charge is -2.23. The lowest BCUT2D eigenvalue weighted by atomic mass is 9.96. The van der Waals surface area contributed by atoms with E-state index in [1.54, 1.807) is 12.1 Å². The number of Topliss-reactive ketones (excluding diaryl/α,β-unsaturated/α-hetero) is 1. The van der Waals surface area contributed by atoms with Crippen LogP contribution in [0.2, 0.25) is 0 Å². The molecule has 2 heterocycles. The summed E-state index contributed by atoms with van der Waals surface area (Å²) in [6.45, 7) is 4.68. The fourth-order valence-corrected chi connectivity index (χ4v) is 4.13. The summed E-state index contributed by atoms with van der Waals surface area (Å²) in [6.07, 6.45) is -1.11. The van der Waals surface area contributed by atoms with Gasteiger partial charge in [-0.25, -0.2) is 4.79 Å². The van der Waals surface area contributed by atoms with E-state index >= 15 is 0 Å². The molecule has 3 rings (SSSR count). The maximum absolute atomic E-state index is 12.4. The number of aromatic nitrogens is 2. The maximum Gasteiger partial charge on any atom is 0.351 e. The highest BCUT2D eigenvalue weighted by Crippen LogP contribution is 2.35. The van der Waals surface area contributed by atoms with Crippen molar-refractivity contribution in [2.24, 2.45) is 5.92 Å². The molecule has 2 aromatic rings. The number of nitrogens with zero attached hydrogens (tertiary/aromatic N) is 3. The largest absolute Gasteiger partial charge is 0.394 e. The molecule has 4 N–H and O–H groups in total. The molecule has 4 atom stereocenters. The second kappa shape index (κ2) is 12.7. The number of ketones is 1. The Hall–Kier alpha value is -3.63. The zero-order valence-electron chi connectivity index (χ0n) is 21.5. The molecule has 0 saturated carbocycles. The van der Waals surface area contributed by atoms with Crippen LogP contribution in [0, 0.1) is 27.9 Å². The average Bonchev–Trinajstić information content (AvgIpc) is 3.23. The number of hydrogen-bond acceptors (Lipinski definition) is 10.